The molecule has 0 spiro atoms. The molecule has 0 amide bonds. The van der Waals surface area contributed by atoms with E-state index in [0.29, 0.717) is 16.9 Å². The van der Waals surface area contributed by atoms with E-state index >= 15 is 0 Å². The number of rotatable bonds is 9. The second-order valence-corrected chi connectivity index (χ2v) is 7.27. The number of hydrogen-bond donors (Lipinski definition) is 2. The molecule has 0 aliphatic rings. The molecule has 0 bridgehead atoms. The lowest BCUT2D eigenvalue weighted by Crippen LogP contribution is -2.31. The Balaban J connectivity index is 1.86. The first-order valence-corrected chi connectivity index (χ1v) is 10.2. The van der Waals surface area contributed by atoms with Crippen LogP contribution in [0.4, 0.5) is 5.69 Å². The van der Waals surface area contributed by atoms with Crippen molar-refractivity contribution < 1.29 is 4.74 Å². The molecule has 0 fully saturated rings. The Labute approximate surface area is 170 Å². The Morgan fingerprint density at radius 3 is 2.67 bits per heavy atom. The average molecular weight is 406 g/mol. The first-order valence-electron chi connectivity index (χ1n) is 9.26. The number of hydrogen-bond acceptors (Lipinski definition) is 4. The quantitative estimate of drug-likeness (QED) is 0.282. The van der Waals surface area contributed by atoms with Crippen LogP contribution in [0, 0.1) is 0 Å². The fourth-order valence-corrected chi connectivity index (χ4v) is 3.62. The van der Waals surface area contributed by atoms with Crippen molar-refractivity contribution in [3.63, 3.8) is 0 Å². The van der Waals surface area contributed by atoms with E-state index in [2.05, 4.69) is 17.6 Å². The minimum atomic E-state index is 0.376. The number of alkyl halides is 1. The van der Waals surface area contributed by atoms with Crippen LogP contribution < -0.4 is 15.4 Å². The molecule has 6 heteroatoms. The summed E-state index contributed by atoms with van der Waals surface area (Å²) >= 11 is 12.1. The maximum atomic E-state index is 6.17. The number of pyridine rings is 1. The maximum absolute atomic E-state index is 6.17. The highest BCUT2D eigenvalue weighted by Gasteiger charge is 2.11. The molecule has 0 aliphatic carbocycles. The van der Waals surface area contributed by atoms with E-state index in [1.165, 1.54) is 0 Å². The zero-order valence-electron chi connectivity index (χ0n) is 15.7. The van der Waals surface area contributed by atoms with Gasteiger partial charge in [-0.3, -0.25) is 0 Å². The summed E-state index contributed by atoms with van der Waals surface area (Å²) in [6, 6.07) is 12.1. The van der Waals surface area contributed by atoms with Crippen molar-refractivity contribution in [3.05, 3.63) is 41.4 Å². The van der Waals surface area contributed by atoms with Gasteiger partial charge in [-0.25, -0.2) is 4.98 Å². The number of anilines is 1. The summed E-state index contributed by atoms with van der Waals surface area (Å²) in [4.78, 5) is 4.76. The molecule has 4 nitrogen and oxygen atoms in total. The lowest BCUT2D eigenvalue weighted by atomic mass is 10.1. The Morgan fingerprint density at radius 2 is 1.93 bits per heavy atom. The van der Waals surface area contributed by atoms with Crippen molar-refractivity contribution in [1.29, 1.82) is 0 Å². The van der Waals surface area contributed by atoms with Crippen molar-refractivity contribution in [2.24, 2.45) is 0 Å². The van der Waals surface area contributed by atoms with E-state index in [0.717, 1.165) is 59.2 Å². The fraction of sp³-hybridized carbons (Fsp3) is 0.381. The Kier molecular flexibility index (Phi) is 7.00. The van der Waals surface area contributed by atoms with Crippen LogP contribution in [0.25, 0.3) is 21.8 Å². The second-order valence-electron chi connectivity index (χ2n) is 6.53. The van der Waals surface area contributed by atoms with Crippen LogP contribution in [-0.4, -0.2) is 37.1 Å². The van der Waals surface area contributed by atoms with Gasteiger partial charge in [-0.1, -0.05) is 18.5 Å². The normalized spacial score (nSPS) is 12.4. The molecular formula is C21H25Cl2N3O. The van der Waals surface area contributed by atoms with Crippen LogP contribution in [-0.2, 0) is 0 Å². The number of halogens is 2. The van der Waals surface area contributed by atoms with Crippen LogP contribution in [0.15, 0.2) is 36.4 Å². The van der Waals surface area contributed by atoms with Gasteiger partial charge in [-0.05, 0) is 55.8 Å². The molecule has 2 N–H and O–H groups in total. The maximum Gasteiger partial charge on any atom is 0.119 e. The summed E-state index contributed by atoms with van der Waals surface area (Å²) in [5.74, 6) is 1.46. The molecule has 3 rings (SSSR count). The standard InChI is InChI=1S/C21H25Cl2N3O/c1-3-15(13-22)24-9-4-10-25-21-17-7-5-14(23)11-20(17)26-19-8-6-16(27-2)12-18(19)21/h5-8,11-12,15,24H,3-4,9-10,13H2,1-2H3,(H,25,26). The molecular weight excluding hydrogens is 381 g/mol. The third-order valence-corrected chi connectivity index (χ3v) is 5.32. The van der Waals surface area contributed by atoms with Crippen molar-refractivity contribution in [3.8, 4) is 5.75 Å². The largest absolute Gasteiger partial charge is 0.497 e. The number of aromatic nitrogens is 1. The van der Waals surface area contributed by atoms with Gasteiger partial charge in [0.25, 0.3) is 0 Å². The zero-order valence-corrected chi connectivity index (χ0v) is 17.2. The predicted octanol–water partition coefficient (Wildman–Crippen LogP) is 5.46. The van der Waals surface area contributed by atoms with E-state index < -0.39 is 0 Å². The van der Waals surface area contributed by atoms with E-state index in [1.54, 1.807) is 7.11 Å². The predicted molar refractivity (Wildman–Crippen MR) is 117 cm³/mol. The van der Waals surface area contributed by atoms with Gasteiger partial charge in [0, 0.05) is 34.3 Å². The molecule has 144 valence electrons. The average Bonchev–Trinajstić information content (AvgIpc) is 2.69. The highest BCUT2D eigenvalue weighted by Crippen LogP contribution is 2.34. The number of fused-ring (bicyclic) bond motifs is 2. The zero-order chi connectivity index (χ0) is 19.2. The van der Waals surface area contributed by atoms with Crippen LogP contribution in [0.5, 0.6) is 5.75 Å². The van der Waals surface area contributed by atoms with Gasteiger partial charge < -0.3 is 15.4 Å². The van der Waals surface area contributed by atoms with Gasteiger partial charge in [-0.2, -0.15) is 0 Å². The Morgan fingerprint density at radius 1 is 1.07 bits per heavy atom. The monoisotopic (exact) mass is 405 g/mol. The molecule has 2 aromatic carbocycles. The van der Waals surface area contributed by atoms with Crippen molar-refractivity contribution >= 4 is 50.7 Å². The van der Waals surface area contributed by atoms with Crippen molar-refractivity contribution in [1.82, 2.24) is 10.3 Å². The molecule has 0 aliphatic heterocycles. The van der Waals surface area contributed by atoms with Crippen molar-refractivity contribution in [2.45, 2.75) is 25.8 Å². The minimum Gasteiger partial charge on any atom is -0.497 e. The van der Waals surface area contributed by atoms with Gasteiger partial charge >= 0.3 is 0 Å². The van der Waals surface area contributed by atoms with E-state index in [-0.39, 0.29) is 0 Å². The second kappa shape index (κ2) is 9.45. The minimum absolute atomic E-state index is 0.376. The van der Waals surface area contributed by atoms with Crippen LogP contribution in [0.1, 0.15) is 19.8 Å². The molecule has 1 unspecified atom stereocenters. The summed E-state index contributed by atoms with van der Waals surface area (Å²) in [6.45, 7) is 3.92. The van der Waals surface area contributed by atoms with Gasteiger partial charge in [0.05, 0.1) is 23.8 Å². The molecule has 3 aromatic rings. The molecule has 1 atom stereocenters. The molecule has 1 aromatic heterocycles. The summed E-state index contributed by atoms with van der Waals surface area (Å²) in [5, 5.41) is 9.87. The topological polar surface area (TPSA) is 46.2 Å². The molecule has 27 heavy (non-hydrogen) atoms. The van der Waals surface area contributed by atoms with E-state index in [1.807, 2.05) is 36.4 Å². The highest BCUT2D eigenvalue weighted by atomic mass is 35.5. The number of nitrogens with one attached hydrogen (secondary N) is 2. The Bertz CT molecular complexity index is 913. The Hall–Kier alpha value is -1.75. The SMILES string of the molecule is CCC(CCl)NCCCNc1c2ccc(Cl)cc2nc2ccc(OC)cc12. The lowest BCUT2D eigenvalue weighted by Gasteiger charge is -2.16. The van der Waals surface area contributed by atoms with Gasteiger partial charge in [0.2, 0.25) is 0 Å². The third kappa shape index (κ3) is 4.75. The molecule has 0 saturated carbocycles. The number of nitrogens with zero attached hydrogens (tertiary/aromatic N) is 1. The number of benzene rings is 2. The summed E-state index contributed by atoms with van der Waals surface area (Å²) in [5.41, 5.74) is 2.86. The number of methoxy groups -OCH3 is 1. The van der Waals surface area contributed by atoms with Gasteiger partial charge in [0.1, 0.15) is 5.75 Å². The third-order valence-electron chi connectivity index (χ3n) is 4.71. The summed E-state index contributed by atoms with van der Waals surface area (Å²) in [7, 11) is 1.68. The smallest absolute Gasteiger partial charge is 0.119 e. The van der Waals surface area contributed by atoms with Gasteiger partial charge in [-0.15, -0.1) is 11.6 Å². The van der Waals surface area contributed by atoms with Crippen LogP contribution in [0.3, 0.4) is 0 Å². The summed E-state index contributed by atoms with van der Waals surface area (Å²) < 4.78 is 5.40. The molecule has 0 radical (unpaired) electrons. The molecule has 1 heterocycles. The van der Waals surface area contributed by atoms with Crippen LogP contribution >= 0.6 is 23.2 Å². The first kappa shape index (κ1) is 20.0. The summed E-state index contributed by atoms with van der Waals surface area (Å²) in [6.07, 6.45) is 2.04. The number of ether oxygens (including phenoxy) is 1. The molecule has 0 saturated heterocycles. The van der Waals surface area contributed by atoms with Crippen molar-refractivity contribution in [2.75, 3.05) is 31.4 Å². The lowest BCUT2D eigenvalue weighted by molar-refractivity contribution is 0.415. The van der Waals surface area contributed by atoms with Crippen LogP contribution in [0.2, 0.25) is 5.02 Å². The van der Waals surface area contributed by atoms with E-state index in [9.17, 15) is 0 Å². The fourth-order valence-electron chi connectivity index (χ4n) is 3.13. The van der Waals surface area contributed by atoms with Gasteiger partial charge in [0.15, 0.2) is 0 Å². The van der Waals surface area contributed by atoms with E-state index in [4.69, 9.17) is 32.9 Å². The first-order chi connectivity index (χ1) is 13.2. The highest BCUT2D eigenvalue weighted by molar-refractivity contribution is 6.31.